The van der Waals surface area contributed by atoms with Crippen LogP contribution in [-0.2, 0) is 0 Å². The van der Waals surface area contributed by atoms with Crippen molar-refractivity contribution in [3.63, 3.8) is 0 Å². The summed E-state index contributed by atoms with van der Waals surface area (Å²) < 4.78 is 41.4. The molecule has 90 valence electrons. The van der Waals surface area contributed by atoms with E-state index in [4.69, 9.17) is 5.26 Å². The Hall–Kier alpha value is -2.03. The second-order valence-electron chi connectivity index (χ2n) is 3.28. The molecule has 17 heavy (non-hydrogen) atoms. The monoisotopic (exact) mass is 243 g/mol. The average molecular weight is 243 g/mol. The van der Waals surface area contributed by atoms with Crippen LogP contribution in [0.1, 0.15) is 22.8 Å². The van der Waals surface area contributed by atoms with Crippen molar-refractivity contribution in [2.24, 2.45) is 0 Å². The maximum atomic E-state index is 12.3. The van der Waals surface area contributed by atoms with Gasteiger partial charge in [0.25, 0.3) is 0 Å². The van der Waals surface area contributed by atoms with E-state index in [1.54, 1.807) is 6.07 Å². The Balaban J connectivity index is 3.00. The highest BCUT2D eigenvalue weighted by molar-refractivity contribution is 5.80. The van der Waals surface area contributed by atoms with Crippen molar-refractivity contribution in [1.82, 2.24) is 0 Å². The van der Waals surface area contributed by atoms with Gasteiger partial charge in [-0.15, -0.1) is 0 Å². The van der Waals surface area contributed by atoms with Crippen molar-refractivity contribution in [2.45, 2.75) is 19.2 Å². The number of carbonyl (C=O) groups is 1. The van der Waals surface area contributed by atoms with Gasteiger partial charge in [0.1, 0.15) is 5.75 Å². The third-order valence-electron chi connectivity index (χ3n) is 2.03. The molecule has 1 unspecified atom stereocenters. The zero-order chi connectivity index (χ0) is 13.1. The largest absolute Gasteiger partial charge is 0.480 e. The zero-order valence-corrected chi connectivity index (χ0v) is 8.78. The highest BCUT2D eigenvalue weighted by atomic mass is 19.4. The third kappa shape index (κ3) is 3.21. The van der Waals surface area contributed by atoms with Gasteiger partial charge in [-0.1, -0.05) is 0 Å². The highest BCUT2D eigenvalue weighted by Crippen LogP contribution is 2.27. The molecule has 0 fully saturated rings. The predicted octanol–water partition coefficient (Wildman–Crippen LogP) is 2.70. The lowest BCUT2D eigenvalue weighted by Gasteiger charge is -2.18. The maximum absolute atomic E-state index is 12.3. The Bertz CT molecular complexity index is 463. The molecule has 0 aliphatic rings. The normalized spacial score (nSPS) is 12.6. The maximum Gasteiger partial charge on any atom is 0.425 e. The molecule has 0 aliphatic heterocycles. The number of rotatable bonds is 3. The van der Waals surface area contributed by atoms with Gasteiger partial charge in [0.15, 0.2) is 12.4 Å². The van der Waals surface area contributed by atoms with Crippen LogP contribution in [0.5, 0.6) is 5.75 Å². The summed E-state index contributed by atoms with van der Waals surface area (Å²) in [5, 5.41) is 8.57. The second kappa shape index (κ2) is 4.87. The van der Waals surface area contributed by atoms with Gasteiger partial charge in [-0.25, -0.2) is 0 Å². The number of nitrogens with zero attached hydrogens (tertiary/aromatic N) is 1. The van der Waals surface area contributed by atoms with Crippen LogP contribution < -0.4 is 4.74 Å². The summed E-state index contributed by atoms with van der Waals surface area (Å²) in [7, 11) is 0. The quantitative estimate of drug-likeness (QED) is 0.767. The van der Waals surface area contributed by atoms with E-state index in [1.165, 1.54) is 18.2 Å². The molecule has 0 saturated heterocycles. The standard InChI is InChI=1S/C11H8F3NO2/c1-7(11(12,13)14)17-10-3-2-8(5-15)4-9(10)6-16/h2-4,6-7H,1H3. The van der Waals surface area contributed by atoms with Gasteiger partial charge in [0.05, 0.1) is 17.2 Å². The summed E-state index contributed by atoms with van der Waals surface area (Å²) >= 11 is 0. The van der Waals surface area contributed by atoms with Gasteiger partial charge >= 0.3 is 6.18 Å². The Labute approximate surface area is 95.4 Å². The minimum Gasteiger partial charge on any atom is -0.480 e. The first-order valence-corrected chi connectivity index (χ1v) is 4.61. The zero-order valence-electron chi connectivity index (χ0n) is 8.78. The van der Waals surface area contributed by atoms with Gasteiger partial charge in [0.2, 0.25) is 0 Å². The van der Waals surface area contributed by atoms with E-state index in [2.05, 4.69) is 4.74 Å². The molecule has 0 N–H and O–H groups in total. The van der Waals surface area contributed by atoms with E-state index in [-0.39, 0.29) is 16.9 Å². The van der Waals surface area contributed by atoms with Gasteiger partial charge in [-0.05, 0) is 25.1 Å². The van der Waals surface area contributed by atoms with Gasteiger partial charge in [-0.3, -0.25) is 4.79 Å². The SMILES string of the molecule is CC(Oc1ccc(C#N)cc1C=O)C(F)(F)F. The first-order chi connectivity index (χ1) is 7.88. The first-order valence-electron chi connectivity index (χ1n) is 4.61. The molecule has 0 aliphatic carbocycles. The van der Waals surface area contributed by atoms with Gasteiger partial charge in [-0.2, -0.15) is 18.4 Å². The van der Waals surface area contributed by atoms with Crippen LogP contribution in [0.15, 0.2) is 18.2 Å². The lowest BCUT2D eigenvalue weighted by molar-refractivity contribution is -0.189. The molecule has 1 atom stereocenters. The van der Waals surface area contributed by atoms with Crippen LogP contribution in [-0.4, -0.2) is 18.6 Å². The summed E-state index contributed by atoms with van der Waals surface area (Å²) in [5.74, 6) is -0.191. The topological polar surface area (TPSA) is 50.1 Å². The van der Waals surface area contributed by atoms with Crippen LogP contribution in [0.3, 0.4) is 0 Å². The lowest BCUT2D eigenvalue weighted by Crippen LogP contribution is -2.31. The first kappa shape index (κ1) is 13.0. The number of ether oxygens (including phenoxy) is 1. The van der Waals surface area contributed by atoms with Crippen LogP contribution in [0.25, 0.3) is 0 Å². The molecule has 6 heteroatoms. The summed E-state index contributed by atoms with van der Waals surface area (Å²) in [6.45, 7) is 0.840. The molecule has 0 aromatic heterocycles. The Kier molecular flexibility index (Phi) is 3.73. The number of halogens is 3. The molecule has 0 radical (unpaired) electrons. The molecular formula is C11H8F3NO2. The molecule has 0 bridgehead atoms. The Morgan fingerprint density at radius 1 is 1.47 bits per heavy atom. The molecule has 0 spiro atoms. The van der Waals surface area contributed by atoms with Crippen LogP contribution in [0, 0.1) is 11.3 Å². The summed E-state index contributed by atoms with van der Waals surface area (Å²) in [4.78, 5) is 10.7. The number of alkyl halides is 3. The summed E-state index contributed by atoms with van der Waals surface area (Å²) in [6.07, 6.45) is -6.18. The Morgan fingerprint density at radius 3 is 2.59 bits per heavy atom. The molecule has 1 rings (SSSR count). The van der Waals surface area contributed by atoms with Crippen molar-refractivity contribution in [3.8, 4) is 11.8 Å². The fourth-order valence-corrected chi connectivity index (χ4v) is 1.07. The van der Waals surface area contributed by atoms with Crippen molar-refractivity contribution in [3.05, 3.63) is 29.3 Å². The minimum absolute atomic E-state index is 0.0832. The number of nitriles is 1. The second-order valence-corrected chi connectivity index (χ2v) is 3.28. The molecule has 0 heterocycles. The minimum atomic E-state index is -4.51. The van der Waals surface area contributed by atoms with E-state index in [0.29, 0.717) is 6.29 Å². The fourth-order valence-electron chi connectivity index (χ4n) is 1.07. The van der Waals surface area contributed by atoms with E-state index in [1.807, 2.05) is 0 Å². The van der Waals surface area contributed by atoms with Crippen molar-refractivity contribution >= 4 is 6.29 Å². The number of aldehydes is 1. The van der Waals surface area contributed by atoms with Crippen molar-refractivity contribution < 1.29 is 22.7 Å². The van der Waals surface area contributed by atoms with E-state index in [0.717, 1.165) is 6.92 Å². The third-order valence-corrected chi connectivity index (χ3v) is 2.03. The molecule has 3 nitrogen and oxygen atoms in total. The van der Waals surface area contributed by atoms with Crippen LogP contribution in [0.2, 0.25) is 0 Å². The van der Waals surface area contributed by atoms with E-state index in [9.17, 15) is 18.0 Å². The molecule has 0 saturated carbocycles. The summed E-state index contributed by atoms with van der Waals surface area (Å²) in [6, 6.07) is 5.40. The molecular weight excluding hydrogens is 235 g/mol. The van der Waals surface area contributed by atoms with E-state index < -0.39 is 12.3 Å². The van der Waals surface area contributed by atoms with Crippen LogP contribution >= 0.6 is 0 Å². The van der Waals surface area contributed by atoms with E-state index >= 15 is 0 Å². The fraction of sp³-hybridized carbons (Fsp3) is 0.273. The molecule has 1 aromatic carbocycles. The molecule has 1 aromatic rings. The average Bonchev–Trinajstić information content (AvgIpc) is 2.28. The van der Waals surface area contributed by atoms with Crippen LogP contribution in [0.4, 0.5) is 13.2 Å². The molecule has 0 amide bonds. The van der Waals surface area contributed by atoms with Gasteiger partial charge < -0.3 is 4.74 Å². The summed E-state index contributed by atoms with van der Waals surface area (Å²) in [5.41, 5.74) is 0.0965. The number of benzene rings is 1. The Morgan fingerprint density at radius 2 is 2.12 bits per heavy atom. The predicted molar refractivity (Wildman–Crippen MR) is 52.7 cm³/mol. The van der Waals surface area contributed by atoms with Crippen molar-refractivity contribution in [2.75, 3.05) is 0 Å². The van der Waals surface area contributed by atoms with Gasteiger partial charge in [0, 0.05) is 0 Å². The smallest absolute Gasteiger partial charge is 0.425 e. The van der Waals surface area contributed by atoms with Crippen molar-refractivity contribution in [1.29, 1.82) is 5.26 Å². The lowest BCUT2D eigenvalue weighted by atomic mass is 10.1. The number of hydrogen-bond acceptors (Lipinski definition) is 3. The number of carbonyl (C=O) groups excluding carboxylic acids is 1. The highest BCUT2D eigenvalue weighted by Gasteiger charge is 2.38. The number of hydrogen-bond donors (Lipinski definition) is 0.